The van der Waals surface area contributed by atoms with Gasteiger partial charge in [-0.2, -0.15) is 9.40 Å². The molecular weight excluding hydrogens is 765 g/mol. The summed E-state index contributed by atoms with van der Waals surface area (Å²) in [6.45, 7) is 3.84. The van der Waals surface area contributed by atoms with Crippen molar-refractivity contribution in [2.45, 2.75) is 61.5 Å². The molecule has 0 saturated carbocycles. The lowest BCUT2D eigenvalue weighted by Crippen LogP contribution is -2.45. The fourth-order valence-electron chi connectivity index (χ4n) is 6.49. The molecule has 1 aromatic heterocycles. The summed E-state index contributed by atoms with van der Waals surface area (Å²) in [7, 11) is -4.04. The van der Waals surface area contributed by atoms with Gasteiger partial charge in [0.2, 0.25) is 21.1 Å². The van der Waals surface area contributed by atoms with Crippen LogP contribution in [-0.4, -0.2) is 62.6 Å². The molecule has 7 rings (SSSR count). The van der Waals surface area contributed by atoms with E-state index in [1.807, 2.05) is 67.6 Å². The second kappa shape index (κ2) is 17.8. The van der Waals surface area contributed by atoms with Crippen LogP contribution in [0, 0.1) is 12.8 Å². The molecule has 0 spiro atoms. The van der Waals surface area contributed by atoms with Crippen LogP contribution in [0.2, 0.25) is 0 Å². The van der Waals surface area contributed by atoms with Gasteiger partial charge >= 0.3 is 0 Å². The number of amides is 1. The van der Waals surface area contributed by atoms with Crippen molar-refractivity contribution in [1.82, 2.24) is 24.9 Å². The lowest BCUT2D eigenvalue weighted by Gasteiger charge is -2.41. The van der Waals surface area contributed by atoms with E-state index in [1.165, 1.54) is 23.9 Å². The van der Waals surface area contributed by atoms with Gasteiger partial charge in [-0.1, -0.05) is 103 Å². The normalized spacial score (nSPS) is 18.9. The number of aliphatic hydroxyl groups excluding tert-OH is 1. The fraction of sp³-hybridized carbons (Fsp3) is 0.238. The van der Waals surface area contributed by atoms with Crippen LogP contribution in [0.1, 0.15) is 47.1 Å². The maximum absolute atomic E-state index is 13.9. The van der Waals surface area contributed by atoms with Gasteiger partial charge in [0, 0.05) is 22.9 Å². The zero-order chi connectivity index (χ0) is 39.9. The van der Waals surface area contributed by atoms with Gasteiger partial charge in [0.05, 0.1) is 29.4 Å². The lowest BCUT2D eigenvalue weighted by molar-refractivity contribution is -0.268. The number of aliphatic hydroxyl groups is 1. The number of phenols is 1. The molecule has 6 aromatic rings. The molecule has 4 N–H and O–H groups in total. The van der Waals surface area contributed by atoms with Crippen LogP contribution in [0.4, 0.5) is 5.69 Å². The zero-order valence-electron chi connectivity index (χ0n) is 31.2. The van der Waals surface area contributed by atoms with E-state index in [0.717, 1.165) is 22.3 Å². The van der Waals surface area contributed by atoms with Gasteiger partial charge in [0.25, 0.3) is 0 Å². The average molecular weight is 807 g/mol. The second-order valence-corrected chi connectivity index (χ2v) is 16.5. The van der Waals surface area contributed by atoms with Crippen molar-refractivity contribution in [3.63, 3.8) is 0 Å². The van der Waals surface area contributed by atoms with Crippen molar-refractivity contribution in [2.75, 3.05) is 11.1 Å². The summed E-state index contributed by atoms with van der Waals surface area (Å²) in [4.78, 5) is 14.0. The van der Waals surface area contributed by atoms with Crippen molar-refractivity contribution in [2.24, 2.45) is 5.92 Å². The summed E-state index contributed by atoms with van der Waals surface area (Å²) in [6, 6.07) is 35.8. The number of carbonyl (C=O) groups is 1. The average Bonchev–Trinajstić information content (AvgIpc) is 3.70. The van der Waals surface area contributed by atoms with Crippen LogP contribution in [-0.2, 0) is 37.3 Å². The third-order valence-electron chi connectivity index (χ3n) is 9.69. The molecule has 1 aliphatic heterocycles. The number of phenolic OH excluding ortho intramolecular Hbond substituents is 1. The summed E-state index contributed by atoms with van der Waals surface area (Å²) < 4.78 is 44.5. The minimum atomic E-state index is -4.04. The standard InChI is InChI=1S/C42H42N6O7S2/c1-27-11-21-36(22-12-27)57(52,53)45-37(23-29-7-4-3-5-8-29)40(51)43-33-10-6-9-32(24-33)41-54-38(28(2)39(55-41)31-15-13-30(25-49)14-16-31)26-56-42-44-46-47-48(42)34-17-19-35(50)20-18-34/h3-22,24,28,37-39,41,45,49-50H,23,25-26H2,1-2H3,(H,43,51)/t28-,37+,38+,39+,41+/m0/s1. The van der Waals surface area contributed by atoms with Crippen molar-refractivity contribution >= 4 is 33.4 Å². The number of sulfonamides is 1. The summed E-state index contributed by atoms with van der Waals surface area (Å²) in [5.74, 6) is -0.0696. The molecule has 2 heterocycles. The first-order chi connectivity index (χ1) is 27.6. The van der Waals surface area contributed by atoms with E-state index in [0.29, 0.717) is 27.8 Å². The molecule has 5 atom stereocenters. The van der Waals surface area contributed by atoms with Crippen LogP contribution in [0.3, 0.4) is 0 Å². The van der Waals surface area contributed by atoms with E-state index in [9.17, 15) is 23.4 Å². The first kappa shape index (κ1) is 39.8. The molecule has 0 bridgehead atoms. The molecule has 1 amide bonds. The predicted molar refractivity (Wildman–Crippen MR) is 215 cm³/mol. The molecule has 1 saturated heterocycles. The molecule has 0 aliphatic carbocycles. The molecule has 5 aromatic carbocycles. The number of nitrogens with zero attached hydrogens (tertiary/aromatic N) is 4. The summed E-state index contributed by atoms with van der Waals surface area (Å²) in [5, 5.41) is 35.1. The number of ether oxygens (including phenoxy) is 2. The molecule has 13 nitrogen and oxygen atoms in total. The fourth-order valence-corrected chi connectivity index (χ4v) is 8.74. The van der Waals surface area contributed by atoms with Crippen LogP contribution in [0.25, 0.3) is 5.69 Å². The highest BCUT2D eigenvalue weighted by atomic mass is 32.2. The highest BCUT2D eigenvalue weighted by Gasteiger charge is 2.39. The Morgan fingerprint density at radius 2 is 1.61 bits per heavy atom. The van der Waals surface area contributed by atoms with E-state index in [4.69, 9.17) is 9.47 Å². The SMILES string of the molecule is Cc1ccc(S(=O)(=O)N[C@H](Cc2ccccc2)C(=O)Nc2cccc([C@@H]3O[C@H](CSc4nnnn4-c4ccc(O)cc4)[C@H](C)[C@H](c4ccc(CO)cc4)O3)c2)cc1. The third kappa shape index (κ3) is 9.76. The molecule has 15 heteroatoms. The Labute approximate surface area is 335 Å². The number of rotatable bonds is 14. The Balaban J connectivity index is 1.13. The van der Waals surface area contributed by atoms with Gasteiger partial charge in [-0.3, -0.25) is 4.79 Å². The molecule has 1 fully saturated rings. The number of aromatic hydroxyl groups is 1. The molecule has 57 heavy (non-hydrogen) atoms. The number of tetrazole rings is 1. The molecule has 0 unspecified atom stereocenters. The first-order valence-electron chi connectivity index (χ1n) is 18.3. The summed E-state index contributed by atoms with van der Waals surface area (Å²) in [5.41, 5.74) is 5.14. The molecule has 294 valence electrons. The number of aromatic nitrogens is 4. The Hall–Kier alpha value is -5.42. The van der Waals surface area contributed by atoms with Crippen molar-refractivity contribution in [1.29, 1.82) is 0 Å². The lowest BCUT2D eigenvalue weighted by atomic mass is 9.91. The quantitative estimate of drug-likeness (QED) is 0.0912. The zero-order valence-corrected chi connectivity index (χ0v) is 32.8. The van der Waals surface area contributed by atoms with Crippen LogP contribution in [0.15, 0.2) is 137 Å². The van der Waals surface area contributed by atoms with Crippen LogP contribution >= 0.6 is 11.8 Å². The summed E-state index contributed by atoms with van der Waals surface area (Å²) in [6.07, 6.45) is -1.48. The Morgan fingerprint density at radius 1 is 0.877 bits per heavy atom. The van der Waals surface area contributed by atoms with E-state index >= 15 is 0 Å². The number of thioether (sulfide) groups is 1. The number of anilines is 1. The molecule has 1 aliphatic rings. The van der Waals surface area contributed by atoms with E-state index < -0.39 is 34.4 Å². The second-order valence-electron chi connectivity index (χ2n) is 13.8. The highest BCUT2D eigenvalue weighted by molar-refractivity contribution is 7.99. The highest BCUT2D eigenvalue weighted by Crippen LogP contribution is 2.43. The first-order valence-corrected chi connectivity index (χ1v) is 20.8. The van der Waals surface area contributed by atoms with Crippen LogP contribution < -0.4 is 10.0 Å². The van der Waals surface area contributed by atoms with E-state index in [1.54, 1.807) is 59.3 Å². The molecule has 0 radical (unpaired) electrons. The topological polar surface area (TPSA) is 178 Å². The predicted octanol–water partition coefficient (Wildman–Crippen LogP) is 6.28. The van der Waals surface area contributed by atoms with Crippen molar-refractivity contribution < 1.29 is 32.9 Å². The smallest absolute Gasteiger partial charge is 0.242 e. The Kier molecular flexibility index (Phi) is 12.4. The van der Waals surface area contributed by atoms with Gasteiger partial charge in [-0.25, -0.2) is 8.42 Å². The minimum Gasteiger partial charge on any atom is -0.508 e. The van der Waals surface area contributed by atoms with Crippen molar-refractivity contribution in [3.05, 3.63) is 155 Å². The summed E-state index contributed by atoms with van der Waals surface area (Å²) >= 11 is 1.42. The number of carbonyl (C=O) groups excluding carboxylic acids is 1. The van der Waals surface area contributed by atoms with Gasteiger partial charge < -0.3 is 25.0 Å². The van der Waals surface area contributed by atoms with Gasteiger partial charge in [0.15, 0.2) is 6.29 Å². The maximum Gasteiger partial charge on any atom is 0.242 e. The van der Waals surface area contributed by atoms with E-state index in [2.05, 4.69) is 32.5 Å². The number of hydrogen-bond donors (Lipinski definition) is 4. The number of aryl methyl sites for hydroxylation is 1. The number of benzene rings is 5. The van der Waals surface area contributed by atoms with Gasteiger partial charge in [0.1, 0.15) is 11.8 Å². The maximum atomic E-state index is 13.9. The van der Waals surface area contributed by atoms with E-state index in [-0.39, 0.29) is 35.7 Å². The number of nitrogens with one attached hydrogen (secondary N) is 2. The molecular formula is C42H42N6O7S2. The van der Waals surface area contributed by atoms with Crippen LogP contribution in [0.5, 0.6) is 5.75 Å². The monoisotopic (exact) mass is 806 g/mol. The van der Waals surface area contributed by atoms with Gasteiger partial charge in [-0.05, 0) is 89.0 Å². The number of hydrogen-bond acceptors (Lipinski definition) is 11. The largest absolute Gasteiger partial charge is 0.508 e. The minimum absolute atomic E-state index is 0.0620. The Bertz CT molecular complexity index is 2380. The van der Waals surface area contributed by atoms with Gasteiger partial charge in [-0.15, -0.1) is 5.10 Å². The third-order valence-corrected chi connectivity index (χ3v) is 12.2. The van der Waals surface area contributed by atoms with Crippen molar-refractivity contribution in [3.8, 4) is 11.4 Å². The Morgan fingerprint density at radius 3 is 2.33 bits per heavy atom.